The smallest absolute Gasteiger partial charge is 0.343 e. The van der Waals surface area contributed by atoms with E-state index >= 15 is 0 Å². The molecule has 0 unspecified atom stereocenters. The molecule has 0 spiro atoms. The molecule has 7 nitrogen and oxygen atoms in total. The fourth-order valence-corrected chi connectivity index (χ4v) is 2.65. The molecule has 0 atom stereocenters. The molecule has 0 bridgehead atoms. The van der Waals surface area contributed by atoms with E-state index in [2.05, 4.69) is 11.3 Å². The second-order valence-electron chi connectivity index (χ2n) is 7.27. The van der Waals surface area contributed by atoms with Crippen LogP contribution in [0.2, 0.25) is 0 Å². The van der Waals surface area contributed by atoms with E-state index in [9.17, 15) is 14.4 Å². The van der Waals surface area contributed by atoms with Crippen molar-refractivity contribution in [2.75, 3.05) is 20.3 Å². The lowest BCUT2D eigenvalue weighted by molar-refractivity contribution is -0.139. The Hall–Kier alpha value is -3.87. The largest absolute Gasteiger partial charge is 0.494 e. The molecule has 2 rings (SSSR count). The van der Waals surface area contributed by atoms with Crippen molar-refractivity contribution in [1.29, 1.82) is 0 Å². The monoisotopic (exact) mass is 452 g/mol. The van der Waals surface area contributed by atoms with Gasteiger partial charge in [0.1, 0.15) is 11.5 Å². The third kappa shape index (κ3) is 8.65. The van der Waals surface area contributed by atoms with Gasteiger partial charge in [0.2, 0.25) is 0 Å². The maximum atomic E-state index is 12.5. The van der Waals surface area contributed by atoms with E-state index in [4.69, 9.17) is 14.2 Å². The van der Waals surface area contributed by atoms with Crippen LogP contribution in [0.1, 0.15) is 41.3 Å². The molecule has 0 aliphatic carbocycles. The van der Waals surface area contributed by atoms with Gasteiger partial charge in [0.15, 0.2) is 0 Å². The summed E-state index contributed by atoms with van der Waals surface area (Å²) in [5.41, 5.74) is 2.31. The number of unbranched alkanes of at least 4 members (excludes halogenated alkanes) is 1. The van der Waals surface area contributed by atoms with Gasteiger partial charge in [0.25, 0.3) is 0 Å². The Morgan fingerprint density at radius 3 is 2.33 bits per heavy atom. The molecular formula is C26H28O7. The molecule has 0 saturated carbocycles. The van der Waals surface area contributed by atoms with E-state index in [1.807, 2.05) is 6.92 Å². The van der Waals surface area contributed by atoms with Crippen molar-refractivity contribution in [1.82, 2.24) is 0 Å². The maximum absolute atomic E-state index is 12.5. The van der Waals surface area contributed by atoms with Gasteiger partial charge in [0.05, 0.1) is 25.9 Å². The van der Waals surface area contributed by atoms with Crippen molar-refractivity contribution in [2.24, 2.45) is 0 Å². The Morgan fingerprint density at radius 2 is 1.70 bits per heavy atom. The summed E-state index contributed by atoms with van der Waals surface area (Å²) in [5.74, 6) is -0.257. The lowest BCUT2D eigenvalue weighted by atomic mass is 10.1. The highest BCUT2D eigenvalue weighted by Gasteiger charge is 2.11. The summed E-state index contributed by atoms with van der Waals surface area (Å²) in [4.78, 5) is 34.9. The van der Waals surface area contributed by atoms with Crippen molar-refractivity contribution >= 4 is 24.0 Å². The maximum Gasteiger partial charge on any atom is 0.343 e. The minimum Gasteiger partial charge on any atom is -0.494 e. The summed E-state index contributed by atoms with van der Waals surface area (Å²) in [6.45, 7) is 7.73. The number of aryl methyl sites for hydroxylation is 1. The Balaban J connectivity index is 1.81. The predicted molar refractivity (Wildman–Crippen MR) is 124 cm³/mol. The van der Waals surface area contributed by atoms with Crippen molar-refractivity contribution in [3.05, 3.63) is 77.4 Å². The number of methoxy groups -OCH3 is 1. The van der Waals surface area contributed by atoms with Gasteiger partial charge in [-0.2, -0.15) is 0 Å². The Labute approximate surface area is 193 Å². The number of carbonyl (C=O) groups is 3. The van der Waals surface area contributed by atoms with E-state index in [1.54, 1.807) is 55.5 Å². The van der Waals surface area contributed by atoms with Gasteiger partial charge < -0.3 is 18.9 Å². The Kier molecular flexibility index (Phi) is 9.89. The van der Waals surface area contributed by atoms with Crippen LogP contribution >= 0.6 is 0 Å². The molecule has 0 aliphatic rings. The first-order valence-corrected chi connectivity index (χ1v) is 10.4. The van der Waals surface area contributed by atoms with Gasteiger partial charge in [-0.15, -0.1) is 0 Å². The van der Waals surface area contributed by atoms with E-state index in [0.29, 0.717) is 42.3 Å². The molecule has 2 aromatic carbocycles. The first-order valence-electron chi connectivity index (χ1n) is 10.4. The number of ether oxygens (including phenoxy) is 4. The van der Waals surface area contributed by atoms with Crippen LogP contribution in [-0.4, -0.2) is 38.2 Å². The number of hydrogen-bond donors (Lipinski definition) is 0. The highest BCUT2D eigenvalue weighted by molar-refractivity contribution is 5.91. The van der Waals surface area contributed by atoms with Crippen LogP contribution in [0.5, 0.6) is 11.5 Å². The van der Waals surface area contributed by atoms with Crippen LogP contribution in [-0.2, 0) is 19.1 Å². The number of hydrogen-bond acceptors (Lipinski definition) is 7. The minimum atomic E-state index is -0.484. The molecule has 0 aliphatic heterocycles. The molecule has 0 fully saturated rings. The summed E-state index contributed by atoms with van der Waals surface area (Å²) in [6.07, 6.45) is 4.35. The summed E-state index contributed by atoms with van der Waals surface area (Å²) >= 11 is 0. The van der Waals surface area contributed by atoms with Crippen LogP contribution in [0.4, 0.5) is 0 Å². The second kappa shape index (κ2) is 12.9. The Morgan fingerprint density at radius 1 is 1.00 bits per heavy atom. The van der Waals surface area contributed by atoms with E-state index in [0.717, 1.165) is 17.5 Å². The first kappa shape index (κ1) is 25.4. The van der Waals surface area contributed by atoms with Crippen molar-refractivity contribution in [3.8, 4) is 11.5 Å². The number of carbonyl (C=O) groups excluding carboxylic acids is 3. The quantitative estimate of drug-likeness (QED) is 0.212. The topological polar surface area (TPSA) is 88.1 Å². The Bertz CT molecular complexity index is 1020. The molecule has 0 N–H and O–H groups in total. The van der Waals surface area contributed by atoms with Gasteiger partial charge in [-0.05, 0) is 80.3 Å². The van der Waals surface area contributed by atoms with Crippen LogP contribution in [0, 0.1) is 6.92 Å². The fourth-order valence-electron chi connectivity index (χ4n) is 2.65. The van der Waals surface area contributed by atoms with Gasteiger partial charge in [-0.1, -0.05) is 12.6 Å². The standard InChI is InChI=1S/C26H28O7/c1-18(2)25(28)32-16-6-5-15-31-22-11-9-21(10-12-22)26(29)33-23-13-7-20(17-19(23)3)8-14-24(27)30-4/h7-14,17H,1,5-6,15-16H2,2-4H3/b14-8+. The predicted octanol–water partition coefficient (Wildman–Crippen LogP) is 4.68. The van der Waals surface area contributed by atoms with E-state index < -0.39 is 11.9 Å². The van der Waals surface area contributed by atoms with Gasteiger partial charge in [-0.25, -0.2) is 14.4 Å². The van der Waals surface area contributed by atoms with Crippen LogP contribution in [0.3, 0.4) is 0 Å². The van der Waals surface area contributed by atoms with Crippen LogP contribution in [0.25, 0.3) is 6.08 Å². The molecule has 0 amide bonds. The van der Waals surface area contributed by atoms with E-state index in [-0.39, 0.29) is 5.97 Å². The summed E-state index contributed by atoms with van der Waals surface area (Å²) < 4.78 is 20.7. The molecule has 2 aromatic rings. The zero-order valence-corrected chi connectivity index (χ0v) is 19.1. The van der Waals surface area contributed by atoms with Crippen molar-refractivity contribution in [2.45, 2.75) is 26.7 Å². The number of esters is 3. The SMILES string of the molecule is C=C(C)C(=O)OCCCCOc1ccc(C(=O)Oc2ccc(/C=C/C(=O)OC)cc2C)cc1. The van der Waals surface area contributed by atoms with Crippen molar-refractivity contribution < 1.29 is 33.3 Å². The molecule has 7 heteroatoms. The molecule has 0 radical (unpaired) electrons. The highest BCUT2D eigenvalue weighted by Crippen LogP contribution is 2.22. The molecular weight excluding hydrogens is 424 g/mol. The minimum absolute atomic E-state index is 0.321. The highest BCUT2D eigenvalue weighted by atomic mass is 16.5. The summed E-state index contributed by atoms with van der Waals surface area (Å²) in [5, 5.41) is 0. The van der Waals surface area contributed by atoms with Gasteiger partial charge in [-0.3, -0.25) is 0 Å². The average Bonchev–Trinajstić information content (AvgIpc) is 2.81. The number of benzene rings is 2. The van der Waals surface area contributed by atoms with Gasteiger partial charge in [0, 0.05) is 11.6 Å². The van der Waals surface area contributed by atoms with Crippen LogP contribution in [0.15, 0.2) is 60.7 Å². The lowest BCUT2D eigenvalue weighted by Crippen LogP contribution is -2.09. The molecule has 0 aromatic heterocycles. The summed E-state index contributed by atoms with van der Waals surface area (Å²) in [7, 11) is 1.31. The average molecular weight is 453 g/mol. The molecule has 0 heterocycles. The third-order valence-corrected chi connectivity index (χ3v) is 4.49. The fraction of sp³-hybridized carbons (Fsp3) is 0.269. The van der Waals surface area contributed by atoms with Crippen LogP contribution < -0.4 is 9.47 Å². The second-order valence-corrected chi connectivity index (χ2v) is 7.27. The van der Waals surface area contributed by atoms with E-state index in [1.165, 1.54) is 13.2 Å². The molecule has 0 saturated heterocycles. The molecule has 33 heavy (non-hydrogen) atoms. The number of rotatable bonds is 11. The van der Waals surface area contributed by atoms with Crippen molar-refractivity contribution in [3.63, 3.8) is 0 Å². The molecule has 174 valence electrons. The summed E-state index contributed by atoms with van der Waals surface area (Å²) in [6, 6.07) is 11.9. The first-order chi connectivity index (χ1) is 15.8. The van der Waals surface area contributed by atoms with Gasteiger partial charge >= 0.3 is 17.9 Å². The zero-order chi connectivity index (χ0) is 24.2. The normalized spacial score (nSPS) is 10.5. The zero-order valence-electron chi connectivity index (χ0n) is 19.1. The third-order valence-electron chi connectivity index (χ3n) is 4.49. The lowest BCUT2D eigenvalue weighted by Gasteiger charge is -2.10.